The summed E-state index contributed by atoms with van der Waals surface area (Å²) in [5.41, 5.74) is 1.06. The number of aromatic nitrogens is 2. The summed E-state index contributed by atoms with van der Waals surface area (Å²) in [4.78, 5) is 14.6. The Kier molecular flexibility index (Phi) is 5.21. The van der Waals surface area contributed by atoms with Crippen LogP contribution in [-0.2, 0) is 11.8 Å². The van der Waals surface area contributed by atoms with Crippen molar-refractivity contribution in [1.82, 2.24) is 15.1 Å². The number of halogens is 1. The minimum Gasteiger partial charge on any atom is -0.481 e. The molecule has 2 heterocycles. The topological polar surface area (TPSA) is 59.4 Å². The average Bonchev–Trinajstić information content (AvgIpc) is 3.01. The van der Waals surface area contributed by atoms with E-state index in [0.717, 1.165) is 31.6 Å². The Morgan fingerprint density at radius 2 is 2.32 bits per heavy atom. The van der Waals surface area contributed by atoms with Crippen LogP contribution < -0.4 is 15.0 Å². The minimum atomic E-state index is -0.685. The highest BCUT2D eigenvalue weighted by Gasteiger charge is 2.25. The summed E-state index contributed by atoms with van der Waals surface area (Å²) in [7, 11) is 1.89. The van der Waals surface area contributed by atoms with E-state index in [1.54, 1.807) is 23.7 Å². The summed E-state index contributed by atoms with van der Waals surface area (Å²) in [5.74, 6) is -0.227. The second-order valence-corrected chi connectivity index (χ2v) is 6.38. The summed E-state index contributed by atoms with van der Waals surface area (Å²) in [6, 6.07) is 5.86. The quantitative estimate of drug-likeness (QED) is 0.901. The molecule has 6 nitrogen and oxygen atoms in total. The van der Waals surface area contributed by atoms with Crippen molar-refractivity contribution in [3.63, 3.8) is 0 Å². The molecular formula is C18H23FN4O2. The first-order valence-corrected chi connectivity index (χ1v) is 8.47. The number of carbonyl (C=O) groups excluding carboxylic acids is 1. The van der Waals surface area contributed by atoms with Crippen LogP contribution in [0.1, 0.15) is 19.8 Å². The monoisotopic (exact) mass is 346 g/mol. The molecule has 1 aliphatic heterocycles. The molecule has 1 fully saturated rings. The van der Waals surface area contributed by atoms with Gasteiger partial charge in [0, 0.05) is 38.4 Å². The zero-order chi connectivity index (χ0) is 17.8. The molecule has 1 aliphatic rings. The third-order valence-electron chi connectivity index (χ3n) is 4.30. The lowest BCUT2D eigenvalue weighted by molar-refractivity contribution is -0.128. The fourth-order valence-corrected chi connectivity index (χ4v) is 3.02. The highest BCUT2D eigenvalue weighted by atomic mass is 19.1. The average molecular weight is 346 g/mol. The number of hydrogen-bond acceptors (Lipinski definition) is 4. The molecule has 0 saturated carbocycles. The lowest BCUT2D eigenvalue weighted by atomic mass is 10.1. The van der Waals surface area contributed by atoms with Crippen LogP contribution in [0.4, 0.5) is 10.1 Å². The fraction of sp³-hybridized carbons (Fsp3) is 0.444. The Hall–Kier alpha value is -2.57. The first-order valence-electron chi connectivity index (χ1n) is 8.47. The molecule has 1 saturated heterocycles. The number of carbonyl (C=O) groups is 1. The normalized spacial score (nSPS) is 18.7. The molecule has 1 amide bonds. The smallest absolute Gasteiger partial charge is 0.261 e. The van der Waals surface area contributed by atoms with Gasteiger partial charge in [-0.3, -0.25) is 9.48 Å². The molecular weight excluding hydrogens is 323 g/mol. The van der Waals surface area contributed by atoms with Crippen LogP contribution >= 0.6 is 0 Å². The van der Waals surface area contributed by atoms with Crippen molar-refractivity contribution < 1.29 is 13.9 Å². The Morgan fingerprint density at radius 3 is 3.04 bits per heavy atom. The number of piperidine rings is 1. The molecule has 0 aliphatic carbocycles. The van der Waals surface area contributed by atoms with Crippen LogP contribution in [0.5, 0.6) is 5.75 Å². The fourth-order valence-electron chi connectivity index (χ4n) is 3.02. The number of anilines is 1. The van der Waals surface area contributed by atoms with E-state index in [4.69, 9.17) is 4.74 Å². The molecule has 0 bridgehead atoms. The third-order valence-corrected chi connectivity index (χ3v) is 4.30. The number of nitrogens with zero attached hydrogens (tertiary/aromatic N) is 3. The Bertz CT molecular complexity index is 733. The lowest BCUT2D eigenvalue weighted by Gasteiger charge is -2.34. The van der Waals surface area contributed by atoms with E-state index in [9.17, 15) is 9.18 Å². The van der Waals surface area contributed by atoms with Crippen molar-refractivity contribution in [1.29, 1.82) is 0 Å². The number of aryl methyl sites for hydroxylation is 1. The van der Waals surface area contributed by atoms with Crippen LogP contribution in [-0.4, -0.2) is 40.9 Å². The molecule has 1 aromatic heterocycles. The molecule has 0 unspecified atom stereocenters. The predicted molar refractivity (Wildman–Crippen MR) is 93.1 cm³/mol. The maximum Gasteiger partial charge on any atom is 0.261 e. The number of rotatable bonds is 5. The van der Waals surface area contributed by atoms with Gasteiger partial charge in [-0.1, -0.05) is 6.07 Å². The van der Waals surface area contributed by atoms with E-state index in [1.807, 2.05) is 19.4 Å². The first-order chi connectivity index (χ1) is 12.0. The Labute approximate surface area is 146 Å². The lowest BCUT2D eigenvalue weighted by Crippen LogP contribution is -2.50. The van der Waals surface area contributed by atoms with Gasteiger partial charge < -0.3 is 15.0 Å². The van der Waals surface area contributed by atoms with Crippen LogP contribution in [0.15, 0.2) is 36.7 Å². The molecule has 1 N–H and O–H groups in total. The van der Waals surface area contributed by atoms with E-state index < -0.39 is 6.10 Å². The van der Waals surface area contributed by atoms with E-state index in [1.165, 1.54) is 12.1 Å². The molecule has 2 aromatic rings. The third kappa shape index (κ3) is 4.49. The van der Waals surface area contributed by atoms with Crippen molar-refractivity contribution in [2.75, 3.05) is 18.0 Å². The Morgan fingerprint density at radius 1 is 1.48 bits per heavy atom. The SMILES string of the molecule is C[C@H](Oc1cccc(F)c1)C(=O)N[C@@H]1CCCN(c2cnn(C)c2)C1. The van der Waals surface area contributed by atoms with Crippen LogP contribution in [0.3, 0.4) is 0 Å². The molecule has 0 spiro atoms. The van der Waals surface area contributed by atoms with Crippen molar-refractivity contribution >= 4 is 11.6 Å². The number of amides is 1. The highest BCUT2D eigenvalue weighted by Crippen LogP contribution is 2.19. The van der Waals surface area contributed by atoms with Gasteiger partial charge in [-0.2, -0.15) is 5.10 Å². The van der Waals surface area contributed by atoms with Gasteiger partial charge in [-0.05, 0) is 31.9 Å². The zero-order valence-corrected chi connectivity index (χ0v) is 14.5. The maximum absolute atomic E-state index is 13.2. The van der Waals surface area contributed by atoms with Gasteiger partial charge in [0.05, 0.1) is 11.9 Å². The molecule has 2 atom stereocenters. The second-order valence-electron chi connectivity index (χ2n) is 6.38. The molecule has 3 rings (SSSR count). The van der Waals surface area contributed by atoms with Crippen molar-refractivity contribution in [3.05, 3.63) is 42.5 Å². The number of ether oxygens (including phenoxy) is 1. The first kappa shape index (κ1) is 17.3. The van der Waals surface area contributed by atoms with Crippen molar-refractivity contribution in [2.45, 2.75) is 31.9 Å². The van der Waals surface area contributed by atoms with Gasteiger partial charge in [0.25, 0.3) is 5.91 Å². The second kappa shape index (κ2) is 7.55. The van der Waals surface area contributed by atoms with Gasteiger partial charge in [0.15, 0.2) is 6.10 Å². The van der Waals surface area contributed by atoms with Crippen molar-refractivity contribution in [3.8, 4) is 5.75 Å². The molecule has 0 radical (unpaired) electrons. The number of benzene rings is 1. The summed E-state index contributed by atoms with van der Waals surface area (Å²) in [6.07, 6.45) is 5.05. The highest BCUT2D eigenvalue weighted by molar-refractivity contribution is 5.81. The van der Waals surface area contributed by atoms with E-state index in [-0.39, 0.29) is 17.8 Å². The van der Waals surface area contributed by atoms with Crippen molar-refractivity contribution in [2.24, 2.45) is 7.05 Å². The van der Waals surface area contributed by atoms with Gasteiger partial charge in [0.1, 0.15) is 11.6 Å². The molecule has 1 aromatic carbocycles. The minimum absolute atomic E-state index is 0.0556. The zero-order valence-electron chi connectivity index (χ0n) is 14.5. The summed E-state index contributed by atoms with van der Waals surface area (Å²) >= 11 is 0. The number of hydrogen-bond donors (Lipinski definition) is 1. The maximum atomic E-state index is 13.2. The summed E-state index contributed by atoms with van der Waals surface area (Å²) < 4.78 is 20.5. The van der Waals surface area contributed by atoms with Gasteiger partial charge in [-0.25, -0.2) is 4.39 Å². The predicted octanol–water partition coefficient (Wildman–Crippen LogP) is 2.11. The van der Waals surface area contributed by atoms with Crippen LogP contribution in [0.25, 0.3) is 0 Å². The van der Waals surface area contributed by atoms with Gasteiger partial charge in [-0.15, -0.1) is 0 Å². The molecule has 25 heavy (non-hydrogen) atoms. The summed E-state index contributed by atoms with van der Waals surface area (Å²) in [5, 5.41) is 7.23. The Balaban J connectivity index is 1.54. The van der Waals surface area contributed by atoms with Crippen LogP contribution in [0.2, 0.25) is 0 Å². The molecule has 7 heteroatoms. The van der Waals surface area contributed by atoms with E-state index in [0.29, 0.717) is 5.75 Å². The largest absolute Gasteiger partial charge is 0.481 e. The standard InChI is InChI=1S/C18H23FN4O2/c1-13(25-17-7-3-5-14(19)9-17)18(24)21-15-6-4-8-23(11-15)16-10-20-22(2)12-16/h3,5,7,9-10,12-13,15H,4,6,8,11H2,1-2H3,(H,21,24)/t13-,15+/m0/s1. The number of nitrogens with one attached hydrogen (secondary N) is 1. The van der Waals surface area contributed by atoms with E-state index >= 15 is 0 Å². The van der Waals surface area contributed by atoms with Gasteiger partial charge in [0.2, 0.25) is 0 Å². The summed E-state index contributed by atoms with van der Waals surface area (Å²) in [6.45, 7) is 3.36. The molecule has 134 valence electrons. The van der Waals surface area contributed by atoms with E-state index in [2.05, 4.69) is 15.3 Å². The van der Waals surface area contributed by atoms with Crippen LogP contribution in [0, 0.1) is 5.82 Å². The van der Waals surface area contributed by atoms with Gasteiger partial charge >= 0.3 is 0 Å².